The van der Waals surface area contributed by atoms with Crippen LogP contribution in [-0.4, -0.2) is 203 Å². The van der Waals surface area contributed by atoms with Crippen molar-refractivity contribution in [3.05, 3.63) is 306 Å². The number of sulfone groups is 4. The Morgan fingerprint density at radius 2 is 0.628 bits per heavy atom. The Hall–Kier alpha value is -13.6. The molecule has 0 unspecified atom stereocenters. The van der Waals surface area contributed by atoms with Gasteiger partial charge in [0.25, 0.3) is 23.6 Å². The number of likely N-dealkylation sites (tertiary alicyclic amines) is 1. The van der Waals surface area contributed by atoms with Gasteiger partial charge in [-0.3, -0.25) is 57.5 Å². The molecule has 18 rings (SSSR count). The third-order valence-electron chi connectivity index (χ3n) is 24.7. The maximum absolute atomic E-state index is 15.1. The van der Waals surface area contributed by atoms with Crippen molar-refractivity contribution in [2.24, 2.45) is 5.92 Å². The van der Waals surface area contributed by atoms with Crippen molar-refractivity contribution in [3.63, 3.8) is 0 Å². The Morgan fingerprint density at radius 1 is 0.351 bits per heavy atom. The van der Waals surface area contributed by atoms with Gasteiger partial charge >= 0.3 is 0 Å². The molecule has 0 spiro atoms. The molecule has 42 heteroatoms. The van der Waals surface area contributed by atoms with E-state index >= 15 is 13.2 Å². The third-order valence-corrected chi connectivity index (χ3v) is 37.4. The number of rotatable bonds is 38. The van der Waals surface area contributed by atoms with Crippen LogP contribution in [-0.2, 0) is 129 Å². The highest BCUT2D eigenvalue weighted by atomic mass is 32.3. The number of carbonyl (C=O) groups excluding carboxylic acids is 12. The van der Waals surface area contributed by atoms with Gasteiger partial charge in [0, 0.05) is 110 Å². The molecule has 1 saturated heterocycles. The SMILES string of the molecule is CCCNc1ccc2c(c1)CC(=O)N(c1ccc(CC(=O)CS(=O)(=O)c3cccs3)cc1F)C2=O.CN(C)CCNc1ccc2c(c1)CC(=O)N(c1ccc(CC(=O)CS(=O)(=O)c3cccs3)cc1F)C2=O.O=C(Cc1ccc(N2C(=O)Cc3cc(NCC4CC4)ccc3C2=O)c(F)c1)CS(=O)(=O)c1cccs1.O=C(Cc1ccc(N2C(=O)Cc3cc(NCCN4CCCCC4)ccc3C2=O)c(F)c1)CS(=O)(=O)c1cccs1. The molecule has 0 radical (unpaired) electrons. The molecule has 5 aliphatic heterocycles. The number of anilines is 8. The number of thiophene rings is 4. The van der Waals surface area contributed by atoms with Gasteiger partial charge in [-0.1, -0.05) is 61.9 Å². The highest BCUT2D eigenvalue weighted by molar-refractivity contribution is 7.95. The number of halogens is 4. The van der Waals surface area contributed by atoms with Crippen LogP contribution in [0.3, 0.4) is 0 Å². The topological polar surface area (TPSA) is 409 Å². The quantitative estimate of drug-likeness (QED) is 0.0206. The summed E-state index contributed by atoms with van der Waals surface area (Å²) in [5, 5.41) is 19.6. The number of piperidine rings is 1. The molecule has 1 saturated carbocycles. The first-order chi connectivity index (χ1) is 70.7. The molecule has 8 aromatic carbocycles. The normalized spacial score (nSPS) is 14.8. The molecule has 148 heavy (non-hydrogen) atoms. The van der Waals surface area contributed by atoms with Gasteiger partial charge in [0.1, 0.15) is 63.1 Å². The fourth-order valence-corrected chi connectivity index (χ4v) is 26.6. The Kier molecular flexibility index (Phi) is 35.0. The minimum atomic E-state index is -3.76. The molecule has 2 fully saturated rings. The summed E-state index contributed by atoms with van der Waals surface area (Å²) in [6, 6.07) is 47.8. The lowest BCUT2D eigenvalue weighted by atomic mass is 9.96. The van der Waals surface area contributed by atoms with Crippen molar-refractivity contribution < 1.29 is 109 Å². The Labute approximate surface area is 868 Å². The molecule has 12 aromatic rings. The van der Waals surface area contributed by atoms with Crippen LogP contribution in [0.4, 0.5) is 63.1 Å². The van der Waals surface area contributed by atoms with E-state index in [-0.39, 0.29) is 113 Å². The molecule has 1 aliphatic carbocycles. The predicted molar refractivity (Wildman–Crippen MR) is 560 cm³/mol. The van der Waals surface area contributed by atoms with E-state index < -0.39 is 156 Å². The number of amides is 8. The third kappa shape index (κ3) is 27.1. The van der Waals surface area contributed by atoms with Gasteiger partial charge in [-0.15, -0.1) is 45.3 Å². The highest BCUT2D eigenvalue weighted by Gasteiger charge is 2.40. The van der Waals surface area contributed by atoms with Crippen LogP contribution in [0.15, 0.2) is 232 Å². The number of hydrogen-bond acceptors (Lipinski definition) is 30. The van der Waals surface area contributed by atoms with Crippen molar-refractivity contribution in [2.45, 2.75) is 114 Å². The van der Waals surface area contributed by atoms with Gasteiger partial charge in [-0.2, -0.15) is 0 Å². The lowest BCUT2D eigenvalue weighted by molar-refractivity contribution is -0.118. The fourth-order valence-electron chi connectivity index (χ4n) is 17.3. The van der Waals surface area contributed by atoms with Crippen LogP contribution in [0.5, 0.6) is 0 Å². The number of nitrogens with zero attached hydrogens (tertiary/aromatic N) is 6. The smallest absolute Gasteiger partial charge is 0.265 e. The van der Waals surface area contributed by atoms with E-state index in [0.717, 1.165) is 164 Å². The molecular formula is C106H102F4N10O20S8. The highest BCUT2D eigenvalue weighted by Crippen LogP contribution is 2.38. The Balaban J connectivity index is 0.000000148. The zero-order chi connectivity index (χ0) is 106. The number of Topliss-reactive ketones (excluding diaryl/α,β-unsaturated/α-hetero) is 4. The summed E-state index contributed by atoms with van der Waals surface area (Å²) < 4.78 is 159. The number of benzene rings is 8. The second-order valence-electron chi connectivity index (χ2n) is 36.4. The molecule has 4 N–H and O–H groups in total. The van der Waals surface area contributed by atoms with Crippen LogP contribution in [0.1, 0.15) is 131 Å². The van der Waals surface area contributed by atoms with E-state index in [2.05, 4.69) is 26.2 Å². The average molecular weight is 2170 g/mol. The second-order valence-corrected chi connectivity index (χ2v) is 49.1. The van der Waals surface area contributed by atoms with Crippen molar-refractivity contribution in [2.75, 3.05) is 130 Å². The zero-order valence-electron chi connectivity index (χ0n) is 80.4. The summed E-state index contributed by atoms with van der Waals surface area (Å²) in [7, 11) is -11.1. The van der Waals surface area contributed by atoms with E-state index in [1.807, 2.05) is 25.9 Å². The molecule has 772 valence electrons. The van der Waals surface area contributed by atoms with Crippen LogP contribution in [0, 0.1) is 29.2 Å². The number of likely N-dealkylation sites (N-methyl/N-ethyl adjacent to an activating group) is 1. The van der Waals surface area contributed by atoms with Crippen molar-refractivity contribution in [1.82, 2.24) is 9.80 Å². The molecule has 0 atom stereocenters. The monoisotopic (exact) mass is 2170 g/mol. The minimum absolute atomic E-state index is 0.0414. The summed E-state index contributed by atoms with van der Waals surface area (Å²) in [5.74, 6) is -12.5. The lowest BCUT2D eigenvalue weighted by Gasteiger charge is -2.28. The van der Waals surface area contributed by atoms with Crippen LogP contribution < -0.4 is 40.9 Å². The zero-order valence-corrected chi connectivity index (χ0v) is 86.9. The lowest BCUT2D eigenvalue weighted by Crippen LogP contribution is -2.43. The predicted octanol–water partition coefficient (Wildman–Crippen LogP) is 15.3. The standard InChI is InChI=1S/C29H30FN3O5S2.C26H26FN3O5S2.C26H23FN2O5S2.C25H23FN2O5S2/c30-25-16-20(15-23(34)19-40(37,38)28-5-4-14-39-28)6-9-26(25)33-27(35)18-21-17-22(7-8-24(21)29(33)36)31-10-13-32-11-2-1-3-12-32;1-29(2)10-9-28-19-6-7-21-18(14-19)15-24(32)30(26(21)33)23-8-5-17(13-22(23)27)12-20(31)16-37(34,35)25-4-3-11-36-25;27-22-11-17(10-20(30)15-36(33,34)25-2-1-9-35-25)5-8-23(22)29-24(31)13-18-12-19(28-14-16-3-4-16)6-7-21(18)26(29)32;1-2-9-27-18-6-7-20-17(13-18)14-23(30)28(25(20)31)22-8-5-16(12-21(22)26)11-19(29)15-35(32,33)24-4-3-10-34-24/h4-9,14,16-17,31H,1-3,10-13,15,18-19H2;3-8,11,13-14,28H,9-10,12,15-16H2,1-2H3;1-2,5-9,11-12,16,28H,3-4,10,13-15H2;3-8,10,12-13,27H,2,9,11,14-15H2,1H3. The van der Waals surface area contributed by atoms with Gasteiger partial charge in [0.15, 0.2) is 62.5 Å². The fraction of sp³-hybridized carbons (Fsp3) is 0.283. The Morgan fingerprint density at radius 3 is 0.885 bits per heavy atom. The maximum atomic E-state index is 15.1. The molecule has 8 amide bonds. The summed E-state index contributed by atoms with van der Waals surface area (Å²) in [4.78, 5) is 161. The van der Waals surface area contributed by atoms with Crippen LogP contribution >= 0.6 is 45.3 Å². The molecule has 0 bridgehead atoms. The summed E-state index contributed by atoms with van der Waals surface area (Å²) >= 11 is 4.10. The van der Waals surface area contributed by atoms with Gasteiger partial charge < -0.3 is 31.1 Å². The average Bonchev–Trinajstić information content (AvgIpc) is 0.971. The first-order valence-corrected chi connectivity index (χ1v) is 57.4. The Bertz CT molecular complexity index is 7630. The number of hydrogen-bond donors (Lipinski definition) is 4. The van der Waals surface area contributed by atoms with E-state index in [9.17, 15) is 95.6 Å². The number of fused-ring (bicyclic) bond motifs is 4. The molecule has 30 nitrogen and oxygen atoms in total. The van der Waals surface area contributed by atoms with Gasteiger partial charge in [0.2, 0.25) is 23.6 Å². The number of imide groups is 4. The van der Waals surface area contributed by atoms with E-state index in [0.29, 0.717) is 57.0 Å². The molecule has 4 aromatic heterocycles. The first-order valence-electron chi connectivity index (χ1n) is 47.3. The van der Waals surface area contributed by atoms with Gasteiger partial charge in [-0.05, 0) is 277 Å². The van der Waals surface area contributed by atoms with E-state index in [1.54, 1.807) is 119 Å². The van der Waals surface area contributed by atoms with Crippen molar-refractivity contribution in [1.29, 1.82) is 0 Å². The molecule has 6 aliphatic rings. The summed E-state index contributed by atoms with van der Waals surface area (Å²) in [6.07, 6.45) is 5.68. The first kappa shape index (κ1) is 109. The van der Waals surface area contributed by atoms with Gasteiger partial charge in [0.05, 0.1) is 48.4 Å². The van der Waals surface area contributed by atoms with Crippen LogP contribution in [0.2, 0.25) is 0 Å². The van der Waals surface area contributed by atoms with Gasteiger partial charge in [-0.25, -0.2) is 70.8 Å². The maximum Gasteiger partial charge on any atom is 0.265 e. The van der Waals surface area contributed by atoms with E-state index in [4.69, 9.17) is 0 Å². The molecule has 9 heterocycles. The summed E-state index contributed by atoms with van der Waals surface area (Å²) in [6.45, 7) is 9.04. The van der Waals surface area contributed by atoms with Crippen molar-refractivity contribution >= 4 is 201 Å². The van der Waals surface area contributed by atoms with Crippen LogP contribution in [0.25, 0.3) is 0 Å². The number of nitrogens with one attached hydrogen (secondary N) is 4. The van der Waals surface area contributed by atoms with Crippen molar-refractivity contribution in [3.8, 4) is 0 Å². The summed E-state index contributed by atoms with van der Waals surface area (Å²) in [5.41, 5.74) is 7.08. The number of ketones is 4. The van der Waals surface area contributed by atoms with E-state index in [1.165, 1.54) is 105 Å². The number of carbonyl (C=O) groups is 12. The minimum Gasteiger partial charge on any atom is -0.385 e. The molecular weight excluding hydrogens is 2070 g/mol. The second kappa shape index (κ2) is 47.7. The largest absolute Gasteiger partial charge is 0.385 e.